The molecule has 0 fully saturated rings. The van der Waals surface area contributed by atoms with Crippen molar-refractivity contribution >= 4 is 21.9 Å². The van der Waals surface area contributed by atoms with Crippen molar-refractivity contribution in [1.82, 2.24) is 4.90 Å². The number of hydrogen-bond donors (Lipinski definition) is 1. The van der Waals surface area contributed by atoms with Crippen LogP contribution in [0.5, 0.6) is 0 Å². The first-order valence-electron chi connectivity index (χ1n) is 3.84. The molecule has 0 aromatic carbocycles. The molecule has 4 heteroatoms. The molecule has 0 unspecified atom stereocenters. The highest BCUT2D eigenvalue weighted by atomic mass is 79.9. The monoisotopic (exact) mass is 243 g/mol. The molecule has 0 spiro atoms. The van der Waals surface area contributed by atoms with Crippen molar-refractivity contribution in [3.05, 3.63) is 34.6 Å². The summed E-state index contributed by atoms with van der Waals surface area (Å²) in [5, 5.41) is 8.77. The minimum Gasteiger partial charge on any atom is -0.478 e. The maximum Gasteiger partial charge on any atom is 0.337 e. The predicted octanol–water partition coefficient (Wildman–Crippen LogP) is 2.08. The van der Waals surface area contributed by atoms with Crippen LogP contribution >= 0.6 is 15.9 Å². The number of carbonyl (C=O) groups is 1. The number of aliphatic carboxylic acids is 1. The standard InChI is InChI=1S/C9H10BrNO2/c1-3-11-5-7(9(12)13)4-8(10)6(11)2/h4-5H,2-3H2,1H3,(H,12,13). The molecule has 0 saturated heterocycles. The van der Waals surface area contributed by atoms with E-state index in [0.717, 1.165) is 5.70 Å². The molecular weight excluding hydrogens is 234 g/mol. The Balaban J connectivity index is 3.02. The van der Waals surface area contributed by atoms with Crippen molar-refractivity contribution in [2.45, 2.75) is 6.92 Å². The maximum atomic E-state index is 10.7. The fourth-order valence-electron chi connectivity index (χ4n) is 1.04. The summed E-state index contributed by atoms with van der Waals surface area (Å²) in [6.45, 7) is 6.46. The average molecular weight is 244 g/mol. The van der Waals surface area contributed by atoms with Gasteiger partial charge in [0, 0.05) is 22.9 Å². The summed E-state index contributed by atoms with van der Waals surface area (Å²) in [5.41, 5.74) is 1.05. The van der Waals surface area contributed by atoms with Crippen molar-refractivity contribution in [2.24, 2.45) is 0 Å². The lowest BCUT2D eigenvalue weighted by Crippen LogP contribution is -2.20. The molecular formula is C9H10BrNO2. The van der Waals surface area contributed by atoms with Gasteiger partial charge >= 0.3 is 5.97 Å². The van der Waals surface area contributed by atoms with Crippen molar-refractivity contribution in [1.29, 1.82) is 0 Å². The zero-order chi connectivity index (χ0) is 10.0. The quantitative estimate of drug-likeness (QED) is 0.808. The number of halogens is 1. The number of carboxylic acids is 1. The van der Waals surface area contributed by atoms with Crippen molar-refractivity contribution in [3.63, 3.8) is 0 Å². The molecule has 1 N–H and O–H groups in total. The number of carboxylic acid groups (broad SMARTS) is 1. The second-order valence-electron chi connectivity index (χ2n) is 2.61. The molecule has 1 aliphatic rings. The highest BCUT2D eigenvalue weighted by Gasteiger charge is 2.16. The van der Waals surface area contributed by atoms with E-state index in [1.54, 1.807) is 17.2 Å². The first kappa shape index (κ1) is 10.1. The Morgan fingerprint density at radius 3 is 2.85 bits per heavy atom. The lowest BCUT2D eigenvalue weighted by molar-refractivity contribution is -0.132. The van der Waals surface area contributed by atoms with Crippen LogP contribution in [0.1, 0.15) is 6.92 Å². The minimum absolute atomic E-state index is 0.265. The Hall–Kier alpha value is -1.03. The van der Waals surface area contributed by atoms with Crippen LogP contribution < -0.4 is 0 Å². The zero-order valence-corrected chi connectivity index (χ0v) is 8.84. The lowest BCUT2D eigenvalue weighted by Gasteiger charge is -2.24. The largest absolute Gasteiger partial charge is 0.478 e. The van der Waals surface area contributed by atoms with Gasteiger partial charge in [-0.25, -0.2) is 4.79 Å². The molecule has 1 aliphatic heterocycles. The molecule has 13 heavy (non-hydrogen) atoms. The third kappa shape index (κ3) is 2.01. The smallest absolute Gasteiger partial charge is 0.337 e. The molecule has 1 heterocycles. The number of rotatable bonds is 2. The Bertz CT molecular complexity index is 318. The van der Waals surface area contributed by atoms with Gasteiger partial charge < -0.3 is 10.0 Å². The van der Waals surface area contributed by atoms with Crippen LogP contribution in [-0.2, 0) is 4.79 Å². The summed E-state index contributed by atoms with van der Waals surface area (Å²) in [7, 11) is 0. The van der Waals surface area contributed by atoms with Gasteiger partial charge in [-0.2, -0.15) is 0 Å². The Morgan fingerprint density at radius 1 is 1.77 bits per heavy atom. The number of nitrogens with zero attached hydrogens (tertiary/aromatic N) is 1. The van der Waals surface area contributed by atoms with Gasteiger partial charge in [0.05, 0.1) is 5.57 Å². The van der Waals surface area contributed by atoms with E-state index in [4.69, 9.17) is 5.11 Å². The van der Waals surface area contributed by atoms with E-state index in [0.29, 0.717) is 11.0 Å². The molecule has 0 saturated carbocycles. The number of likely N-dealkylation sites (N-methyl/N-ethyl adjacent to an activating group) is 1. The van der Waals surface area contributed by atoms with Crippen molar-refractivity contribution < 1.29 is 9.90 Å². The normalized spacial score (nSPS) is 16.8. The van der Waals surface area contributed by atoms with Crippen LogP contribution in [-0.4, -0.2) is 22.5 Å². The summed E-state index contributed by atoms with van der Waals surface area (Å²) in [6, 6.07) is 0. The Kier molecular flexibility index (Phi) is 2.93. The van der Waals surface area contributed by atoms with Crippen LogP contribution in [0, 0.1) is 0 Å². The van der Waals surface area contributed by atoms with Crippen LogP contribution in [0.2, 0.25) is 0 Å². The maximum absolute atomic E-state index is 10.7. The number of hydrogen-bond acceptors (Lipinski definition) is 2. The van der Waals surface area contributed by atoms with Gasteiger partial charge in [-0.3, -0.25) is 0 Å². The second-order valence-corrected chi connectivity index (χ2v) is 3.47. The topological polar surface area (TPSA) is 40.5 Å². The second kappa shape index (κ2) is 3.79. The van der Waals surface area contributed by atoms with Gasteiger partial charge in [0.2, 0.25) is 0 Å². The van der Waals surface area contributed by atoms with Crippen LogP contribution in [0.25, 0.3) is 0 Å². The molecule has 0 bridgehead atoms. The van der Waals surface area contributed by atoms with Crippen molar-refractivity contribution in [2.75, 3.05) is 6.54 Å². The first-order chi connectivity index (χ1) is 6.06. The van der Waals surface area contributed by atoms with E-state index in [1.807, 2.05) is 6.92 Å². The van der Waals surface area contributed by atoms with Crippen molar-refractivity contribution in [3.8, 4) is 0 Å². The van der Waals surface area contributed by atoms with Crippen LogP contribution in [0.4, 0.5) is 0 Å². The summed E-state index contributed by atoms with van der Waals surface area (Å²) >= 11 is 3.26. The number of allylic oxidation sites excluding steroid dienone is 1. The van der Waals surface area contributed by atoms with E-state index in [9.17, 15) is 4.79 Å². The zero-order valence-electron chi connectivity index (χ0n) is 7.25. The molecule has 0 amide bonds. The molecule has 0 aromatic rings. The molecule has 1 rings (SSSR count). The summed E-state index contributed by atoms with van der Waals surface area (Å²) in [4.78, 5) is 12.5. The molecule has 70 valence electrons. The summed E-state index contributed by atoms with van der Waals surface area (Å²) in [5.74, 6) is -0.928. The van der Waals surface area contributed by atoms with Gasteiger partial charge in [0.25, 0.3) is 0 Å². The molecule has 0 aliphatic carbocycles. The Morgan fingerprint density at radius 2 is 2.38 bits per heavy atom. The van der Waals surface area contributed by atoms with E-state index in [1.165, 1.54) is 0 Å². The first-order valence-corrected chi connectivity index (χ1v) is 4.63. The predicted molar refractivity (Wildman–Crippen MR) is 54.2 cm³/mol. The Labute approximate surface area is 85.2 Å². The van der Waals surface area contributed by atoms with Crippen LogP contribution in [0.15, 0.2) is 34.6 Å². The van der Waals surface area contributed by atoms with Gasteiger partial charge in [-0.1, -0.05) is 6.58 Å². The molecule has 0 atom stereocenters. The third-order valence-electron chi connectivity index (χ3n) is 1.79. The fourth-order valence-corrected chi connectivity index (χ4v) is 1.51. The van der Waals surface area contributed by atoms with Gasteiger partial charge in [0.1, 0.15) is 0 Å². The highest BCUT2D eigenvalue weighted by molar-refractivity contribution is 9.12. The van der Waals surface area contributed by atoms with Gasteiger partial charge in [-0.15, -0.1) is 0 Å². The van der Waals surface area contributed by atoms with Gasteiger partial charge in [0.15, 0.2) is 0 Å². The lowest BCUT2D eigenvalue weighted by atomic mass is 10.2. The van der Waals surface area contributed by atoms with E-state index < -0.39 is 5.97 Å². The minimum atomic E-state index is -0.928. The third-order valence-corrected chi connectivity index (χ3v) is 2.47. The van der Waals surface area contributed by atoms with E-state index in [-0.39, 0.29) is 5.57 Å². The molecule has 3 nitrogen and oxygen atoms in total. The molecule has 0 aromatic heterocycles. The summed E-state index contributed by atoms with van der Waals surface area (Å²) in [6.07, 6.45) is 3.13. The molecule has 0 radical (unpaired) electrons. The highest BCUT2D eigenvalue weighted by Crippen LogP contribution is 2.26. The van der Waals surface area contributed by atoms with E-state index >= 15 is 0 Å². The van der Waals surface area contributed by atoms with Crippen LogP contribution in [0.3, 0.4) is 0 Å². The van der Waals surface area contributed by atoms with E-state index in [2.05, 4.69) is 22.5 Å². The average Bonchev–Trinajstić information content (AvgIpc) is 2.09. The SMILES string of the molecule is C=C1C(Br)=CC(C(=O)O)=CN1CC. The summed E-state index contributed by atoms with van der Waals surface area (Å²) < 4.78 is 0.717. The van der Waals surface area contributed by atoms with Gasteiger partial charge in [-0.05, 0) is 28.9 Å². The fraction of sp³-hybridized carbons (Fsp3) is 0.222.